The molecule has 1 saturated heterocycles. The molecular formula is C16H32N2. The van der Waals surface area contributed by atoms with Gasteiger partial charge in [-0.25, -0.2) is 0 Å². The summed E-state index contributed by atoms with van der Waals surface area (Å²) >= 11 is 0. The van der Waals surface area contributed by atoms with E-state index in [1.54, 1.807) is 0 Å². The molecule has 2 aliphatic rings. The van der Waals surface area contributed by atoms with Crippen molar-refractivity contribution < 1.29 is 0 Å². The van der Waals surface area contributed by atoms with Gasteiger partial charge in [-0.3, -0.25) is 0 Å². The second-order valence-corrected chi connectivity index (χ2v) is 7.17. The molecule has 2 unspecified atom stereocenters. The minimum Gasteiger partial charge on any atom is -0.314 e. The summed E-state index contributed by atoms with van der Waals surface area (Å²) in [6.45, 7) is 11.0. The molecule has 1 N–H and O–H groups in total. The highest BCUT2D eigenvalue weighted by atomic mass is 15.2. The van der Waals surface area contributed by atoms with Crippen molar-refractivity contribution in [3.63, 3.8) is 0 Å². The first-order valence-corrected chi connectivity index (χ1v) is 8.08. The number of rotatable bonds is 4. The Morgan fingerprint density at radius 2 is 1.89 bits per heavy atom. The number of hydrogen-bond donors (Lipinski definition) is 1. The lowest BCUT2D eigenvalue weighted by Crippen LogP contribution is -2.48. The quantitative estimate of drug-likeness (QED) is 0.825. The smallest absolute Gasteiger partial charge is 0.0110 e. The summed E-state index contributed by atoms with van der Waals surface area (Å²) in [5, 5.41) is 3.73. The van der Waals surface area contributed by atoms with Gasteiger partial charge in [-0.15, -0.1) is 0 Å². The Hall–Kier alpha value is -0.0800. The first kappa shape index (κ1) is 14.3. The van der Waals surface area contributed by atoms with Crippen LogP contribution < -0.4 is 5.32 Å². The van der Waals surface area contributed by atoms with Gasteiger partial charge in [0, 0.05) is 12.1 Å². The van der Waals surface area contributed by atoms with Crippen LogP contribution in [0.3, 0.4) is 0 Å². The third kappa shape index (κ3) is 3.96. The second kappa shape index (κ2) is 6.38. The molecule has 1 aliphatic carbocycles. The largest absolute Gasteiger partial charge is 0.314 e. The van der Waals surface area contributed by atoms with Gasteiger partial charge in [-0.05, 0) is 63.6 Å². The van der Waals surface area contributed by atoms with Crippen LogP contribution in [-0.2, 0) is 0 Å². The molecule has 106 valence electrons. The highest BCUT2D eigenvalue weighted by Gasteiger charge is 2.31. The Balaban J connectivity index is 1.78. The van der Waals surface area contributed by atoms with Gasteiger partial charge >= 0.3 is 0 Å². The van der Waals surface area contributed by atoms with E-state index in [1.807, 2.05) is 0 Å². The summed E-state index contributed by atoms with van der Waals surface area (Å²) in [4.78, 5) is 2.78. The van der Waals surface area contributed by atoms with Gasteiger partial charge < -0.3 is 10.2 Å². The lowest BCUT2D eigenvalue weighted by Gasteiger charge is -2.44. The molecule has 0 amide bonds. The number of nitrogens with one attached hydrogen (secondary N) is 1. The zero-order valence-electron chi connectivity index (χ0n) is 12.7. The topological polar surface area (TPSA) is 15.3 Å². The molecule has 0 aromatic heterocycles. The molecule has 0 aromatic carbocycles. The summed E-state index contributed by atoms with van der Waals surface area (Å²) < 4.78 is 0. The van der Waals surface area contributed by atoms with Gasteiger partial charge in [0.1, 0.15) is 0 Å². The molecule has 2 atom stereocenters. The summed E-state index contributed by atoms with van der Waals surface area (Å²) in [5.41, 5.74) is 0.588. The van der Waals surface area contributed by atoms with E-state index in [-0.39, 0.29) is 0 Å². The third-order valence-corrected chi connectivity index (χ3v) is 5.00. The van der Waals surface area contributed by atoms with Crippen LogP contribution in [-0.4, -0.2) is 36.6 Å². The minimum atomic E-state index is 0.588. The molecule has 1 saturated carbocycles. The van der Waals surface area contributed by atoms with Gasteiger partial charge in [0.15, 0.2) is 0 Å². The van der Waals surface area contributed by atoms with E-state index in [2.05, 4.69) is 31.0 Å². The Kier molecular flexibility index (Phi) is 5.08. The number of nitrogens with zero attached hydrogens (tertiary/aromatic N) is 1. The lowest BCUT2D eigenvalue weighted by molar-refractivity contribution is 0.0691. The van der Waals surface area contributed by atoms with E-state index < -0.39 is 0 Å². The Bertz CT molecular complexity index is 239. The van der Waals surface area contributed by atoms with Crippen LogP contribution in [0.2, 0.25) is 0 Å². The maximum absolute atomic E-state index is 3.73. The molecule has 2 nitrogen and oxygen atoms in total. The zero-order chi connectivity index (χ0) is 13.0. The molecule has 2 fully saturated rings. The van der Waals surface area contributed by atoms with Crippen molar-refractivity contribution in [1.82, 2.24) is 10.2 Å². The van der Waals surface area contributed by atoms with Crippen molar-refractivity contribution in [3.05, 3.63) is 0 Å². The predicted molar refractivity (Wildman–Crippen MR) is 78.9 cm³/mol. The molecule has 0 spiro atoms. The van der Waals surface area contributed by atoms with Crippen molar-refractivity contribution in [2.24, 2.45) is 5.41 Å². The van der Waals surface area contributed by atoms with Crippen LogP contribution in [0.4, 0.5) is 0 Å². The fourth-order valence-electron chi connectivity index (χ4n) is 3.52. The fraction of sp³-hybridized carbons (Fsp3) is 1.00. The van der Waals surface area contributed by atoms with Crippen molar-refractivity contribution in [2.45, 2.75) is 77.8 Å². The van der Waals surface area contributed by atoms with Gasteiger partial charge in [0.05, 0.1) is 0 Å². The normalized spacial score (nSPS) is 33.5. The molecule has 2 heteroatoms. The Morgan fingerprint density at radius 1 is 1.17 bits per heavy atom. The van der Waals surface area contributed by atoms with E-state index in [0.29, 0.717) is 5.41 Å². The summed E-state index contributed by atoms with van der Waals surface area (Å²) in [6.07, 6.45) is 9.68. The average molecular weight is 252 g/mol. The number of hydrogen-bond acceptors (Lipinski definition) is 2. The molecule has 18 heavy (non-hydrogen) atoms. The van der Waals surface area contributed by atoms with Crippen LogP contribution in [0, 0.1) is 5.41 Å². The van der Waals surface area contributed by atoms with Gasteiger partial charge in [0.25, 0.3) is 0 Å². The van der Waals surface area contributed by atoms with E-state index >= 15 is 0 Å². The van der Waals surface area contributed by atoms with Crippen LogP contribution in [0.25, 0.3) is 0 Å². The van der Waals surface area contributed by atoms with E-state index in [1.165, 1.54) is 64.6 Å². The maximum atomic E-state index is 3.73. The zero-order valence-corrected chi connectivity index (χ0v) is 12.7. The molecule has 1 aliphatic heterocycles. The average Bonchev–Trinajstić information content (AvgIpc) is 2.37. The highest BCUT2D eigenvalue weighted by molar-refractivity contribution is 4.88. The molecule has 0 bridgehead atoms. The third-order valence-electron chi connectivity index (χ3n) is 5.00. The van der Waals surface area contributed by atoms with E-state index in [0.717, 1.165) is 12.1 Å². The fourth-order valence-corrected chi connectivity index (χ4v) is 3.52. The SMILES string of the molecule is CCCNC1CCCC(N2CCC(C)(C)CC2)C1. The number of piperidine rings is 1. The van der Waals surface area contributed by atoms with Gasteiger partial charge in [-0.2, -0.15) is 0 Å². The standard InChI is InChI=1S/C16H32N2/c1-4-10-17-14-6-5-7-15(13-14)18-11-8-16(2,3)9-12-18/h14-15,17H,4-13H2,1-3H3. The highest BCUT2D eigenvalue weighted by Crippen LogP contribution is 2.33. The summed E-state index contributed by atoms with van der Waals surface area (Å²) in [7, 11) is 0. The second-order valence-electron chi connectivity index (χ2n) is 7.17. The van der Waals surface area contributed by atoms with Crippen LogP contribution in [0.1, 0.15) is 65.7 Å². The number of likely N-dealkylation sites (tertiary alicyclic amines) is 1. The Labute approximate surface area is 114 Å². The van der Waals surface area contributed by atoms with Crippen molar-refractivity contribution in [3.8, 4) is 0 Å². The van der Waals surface area contributed by atoms with Crippen LogP contribution in [0.15, 0.2) is 0 Å². The molecule has 1 heterocycles. The maximum Gasteiger partial charge on any atom is 0.0110 e. The van der Waals surface area contributed by atoms with Gasteiger partial charge in [-0.1, -0.05) is 27.2 Å². The predicted octanol–water partition coefficient (Wildman–Crippen LogP) is 3.42. The van der Waals surface area contributed by atoms with E-state index in [9.17, 15) is 0 Å². The van der Waals surface area contributed by atoms with E-state index in [4.69, 9.17) is 0 Å². The summed E-state index contributed by atoms with van der Waals surface area (Å²) in [6, 6.07) is 1.66. The van der Waals surface area contributed by atoms with Crippen molar-refractivity contribution in [1.29, 1.82) is 0 Å². The van der Waals surface area contributed by atoms with Gasteiger partial charge in [0.2, 0.25) is 0 Å². The van der Waals surface area contributed by atoms with Crippen LogP contribution in [0.5, 0.6) is 0 Å². The lowest BCUT2D eigenvalue weighted by atomic mass is 9.81. The van der Waals surface area contributed by atoms with Crippen molar-refractivity contribution in [2.75, 3.05) is 19.6 Å². The minimum absolute atomic E-state index is 0.588. The van der Waals surface area contributed by atoms with Crippen LogP contribution >= 0.6 is 0 Å². The first-order valence-electron chi connectivity index (χ1n) is 8.08. The molecular weight excluding hydrogens is 220 g/mol. The Morgan fingerprint density at radius 3 is 2.56 bits per heavy atom. The van der Waals surface area contributed by atoms with Crippen molar-refractivity contribution >= 4 is 0 Å². The molecule has 0 radical (unpaired) electrons. The molecule has 0 aromatic rings. The molecule has 2 rings (SSSR count). The monoisotopic (exact) mass is 252 g/mol. The summed E-state index contributed by atoms with van der Waals surface area (Å²) in [5.74, 6) is 0. The first-order chi connectivity index (χ1) is 8.61.